The van der Waals surface area contributed by atoms with Crippen molar-refractivity contribution in [2.75, 3.05) is 4.90 Å². The number of para-hydroxylation sites is 1. The Bertz CT molecular complexity index is 1240. The quantitative estimate of drug-likeness (QED) is 0.327. The van der Waals surface area contributed by atoms with Crippen molar-refractivity contribution in [1.29, 1.82) is 0 Å². The number of hydrogen-bond acceptors (Lipinski definition) is 3. The van der Waals surface area contributed by atoms with E-state index in [-0.39, 0.29) is 6.42 Å². The first-order valence-corrected chi connectivity index (χ1v) is 11.4. The van der Waals surface area contributed by atoms with Crippen molar-refractivity contribution in [3.63, 3.8) is 0 Å². The highest BCUT2D eigenvalue weighted by Gasteiger charge is 2.60. The molecule has 34 heavy (non-hydrogen) atoms. The van der Waals surface area contributed by atoms with Crippen molar-refractivity contribution in [1.82, 2.24) is 0 Å². The lowest BCUT2D eigenvalue weighted by Gasteiger charge is -2.44. The standard InChI is InChI=1S/C30H25NO3/c1-2-27(32)30(34)25-20-12-13-21-26(25)31(28(30)33)29(22-14-6-3-7-15-22,23-16-8-4-9-17-23)24-18-10-5-11-19-24/h3-21,34H,2H2,1H3/t30-/m1/s1. The lowest BCUT2D eigenvalue weighted by atomic mass is 9.75. The van der Waals surface area contributed by atoms with Gasteiger partial charge in [0.25, 0.3) is 5.91 Å². The maximum atomic E-state index is 14.3. The fourth-order valence-corrected chi connectivity index (χ4v) is 5.14. The number of carbonyl (C=O) groups is 2. The maximum Gasteiger partial charge on any atom is 0.272 e. The zero-order valence-corrected chi connectivity index (χ0v) is 18.9. The Morgan fingerprint density at radius 1 is 0.735 bits per heavy atom. The van der Waals surface area contributed by atoms with Crippen molar-refractivity contribution in [3.05, 3.63) is 138 Å². The number of rotatable bonds is 6. The summed E-state index contributed by atoms with van der Waals surface area (Å²) in [5, 5.41) is 11.7. The minimum atomic E-state index is -2.24. The fourth-order valence-electron chi connectivity index (χ4n) is 5.14. The number of fused-ring (bicyclic) bond motifs is 1. The van der Waals surface area contributed by atoms with Gasteiger partial charge in [0.1, 0.15) is 5.54 Å². The summed E-state index contributed by atoms with van der Waals surface area (Å²) in [6, 6.07) is 36.4. The van der Waals surface area contributed by atoms with Gasteiger partial charge in [0.15, 0.2) is 5.78 Å². The van der Waals surface area contributed by atoms with Crippen LogP contribution in [-0.2, 0) is 20.7 Å². The Kier molecular flexibility index (Phi) is 5.39. The largest absolute Gasteiger partial charge is 0.369 e. The molecule has 4 aromatic rings. The second-order valence-corrected chi connectivity index (χ2v) is 8.45. The molecule has 0 saturated heterocycles. The van der Waals surface area contributed by atoms with Gasteiger partial charge in [-0.1, -0.05) is 116 Å². The van der Waals surface area contributed by atoms with Crippen LogP contribution in [0.25, 0.3) is 0 Å². The first-order chi connectivity index (χ1) is 16.6. The molecule has 0 unspecified atom stereocenters. The molecule has 0 spiro atoms. The van der Waals surface area contributed by atoms with Gasteiger partial charge in [-0.3, -0.25) is 14.5 Å². The molecule has 1 aliphatic heterocycles. The molecule has 1 atom stereocenters. The van der Waals surface area contributed by atoms with E-state index in [0.717, 1.165) is 16.7 Å². The predicted octanol–water partition coefficient (Wildman–Crippen LogP) is 5.19. The van der Waals surface area contributed by atoms with Crippen LogP contribution in [0, 0.1) is 0 Å². The number of benzene rings is 4. The molecule has 0 radical (unpaired) electrons. The number of amides is 1. The molecule has 4 aromatic carbocycles. The van der Waals surface area contributed by atoms with E-state index >= 15 is 0 Å². The summed E-state index contributed by atoms with van der Waals surface area (Å²) in [4.78, 5) is 29.0. The van der Waals surface area contributed by atoms with Crippen molar-refractivity contribution in [3.8, 4) is 0 Å². The first kappa shape index (κ1) is 21.8. The van der Waals surface area contributed by atoms with Gasteiger partial charge < -0.3 is 5.11 Å². The van der Waals surface area contributed by atoms with Crippen molar-refractivity contribution >= 4 is 17.4 Å². The summed E-state index contributed by atoms with van der Waals surface area (Å²) in [6.07, 6.45) is 0.0411. The van der Waals surface area contributed by atoms with Crippen molar-refractivity contribution < 1.29 is 14.7 Å². The first-order valence-electron chi connectivity index (χ1n) is 11.4. The summed E-state index contributed by atoms with van der Waals surface area (Å²) >= 11 is 0. The number of aliphatic hydroxyl groups is 1. The van der Waals surface area contributed by atoms with Crippen LogP contribution in [0.3, 0.4) is 0 Å². The Hall–Kier alpha value is -4.02. The molecule has 4 nitrogen and oxygen atoms in total. The molecule has 4 heteroatoms. The summed E-state index contributed by atoms with van der Waals surface area (Å²) in [5.74, 6) is -1.16. The predicted molar refractivity (Wildman–Crippen MR) is 132 cm³/mol. The molecule has 1 amide bonds. The molecule has 168 valence electrons. The molecule has 0 aliphatic carbocycles. The number of anilines is 1. The van der Waals surface area contributed by atoms with Crippen LogP contribution in [0.15, 0.2) is 115 Å². The van der Waals surface area contributed by atoms with Gasteiger partial charge in [-0.25, -0.2) is 0 Å². The van der Waals surface area contributed by atoms with Crippen LogP contribution in [0.2, 0.25) is 0 Å². The Labute approximate surface area is 199 Å². The summed E-state index contributed by atoms with van der Waals surface area (Å²) in [7, 11) is 0. The second kappa shape index (κ2) is 8.40. The van der Waals surface area contributed by atoms with E-state index in [2.05, 4.69) is 0 Å². The number of Topliss-reactive ketones (excluding diaryl/α,β-unsaturated/α-hetero) is 1. The highest BCUT2D eigenvalue weighted by molar-refractivity contribution is 6.21. The number of nitrogens with zero attached hydrogens (tertiary/aromatic N) is 1. The number of ketones is 1. The van der Waals surface area contributed by atoms with Gasteiger partial charge in [0.2, 0.25) is 5.60 Å². The molecule has 0 saturated carbocycles. The molecule has 5 rings (SSSR count). The third kappa shape index (κ3) is 2.96. The van der Waals surface area contributed by atoms with Gasteiger partial charge in [0, 0.05) is 12.0 Å². The SMILES string of the molecule is CCC(=O)[C@@]1(O)C(=O)N(C(c2ccccc2)(c2ccccc2)c2ccccc2)c2ccccc21. The fraction of sp³-hybridized carbons (Fsp3) is 0.133. The van der Waals surface area contributed by atoms with Crippen LogP contribution in [0.4, 0.5) is 5.69 Å². The monoisotopic (exact) mass is 447 g/mol. The second-order valence-electron chi connectivity index (χ2n) is 8.45. The minimum absolute atomic E-state index is 0.0411. The van der Waals surface area contributed by atoms with Crippen LogP contribution >= 0.6 is 0 Å². The molecule has 0 fully saturated rings. The van der Waals surface area contributed by atoms with Gasteiger partial charge >= 0.3 is 0 Å². The Morgan fingerprint density at radius 2 is 1.15 bits per heavy atom. The van der Waals surface area contributed by atoms with Crippen LogP contribution in [0.1, 0.15) is 35.6 Å². The topological polar surface area (TPSA) is 57.6 Å². The summed E-state index contributed by atoms with van der Waals surface area (Å²) < 4.78 is 0. The Morgan fingerprint density at radius 3 is 1.59 bits per heavy atom. The van der Waals surface area contributed by atoms with E-state index in [0.29, 0.717) is 11.3 Å². The number of hydrogen-bond donors (Lipinski definition) is 1. The van der Waals surface area contributed by atoms with Crippen molar-refractivity contribution in [2.24, 2.45) is 0 Å². The maximum absolute atomic E-state index is 14.3. The lowest BCUT2D eigenvalue weighted by Crippen LogP contribution is -2.55. The van der Waals surface area contributed by atoms with Crippen LogP contribution < -0.4 is 4.90 Å². The van der Waals surface area contributed by atoms with Crippen LogP contribution in [-0.4, -0.2) is 16.8 Å². The van der Waals surface area contributed by atoms with E-state index in [4.69, 9.17) is 0 Å². The molecule has 0 bridgehead atoms. The summed E-state index contributed by atoms with van der Waals surface area (Å²) in [6.45, 7) is 1.66. The molecular formula is C30H25NO3. The normalized spacial score (nSPS) is 17.5. The highest BCUT2D eigenvalue weighted by atomic mass is 16.3. The molecular weight excluding hydrogens is 422 g/mol. The van der Waals surface area contributed by atoms with E-state index in [1.165, 1.54) is 0 Å². The minimum Gasteiger partial charge on any atom is -0.369 e. The molecule has 0 aromatic heterocycles. The Balaban J connectivity index is 1.93. The van der Waals surface area contributed by atoms with E-state index < -0.39 is 22.8 Å². The van der Waals surface area contributed by atoms with E-state index in [1.807, 2.05) is 97.1 Å². The van der Waals surface area contributed by atoms with Gasteiger partial charge in [-0.2, -0.15) is 0 Å². The summed E-state index contributed by atoms with van der Waals surface area (Å²) in [5.41, 5.74) is 0.0355. The zero-order valence-electron chi connectivity index (χ0n) is 18.9. The average Bonchev–Trinajstić information content (AvgIpc) is 3.14. The number of carbonyl (C=O) groups excluding carboxylic acids is 2. The van der Waals surface area contributed by atoms with Gasteiger partial charge in [-0.15, -0.1) is 0 Å². The average molecular weight is 448 g/mol. The smallest absolute Gasteiger partial charge is 0.272 e. The third-order valence-corrected chi connectivity index (χ3v) is 6.68. The molecule has 1 heterocycles. The highest BCUT2D eigenvalue weighted by Crippen LogP contribution is 2.52. The lowest BCUT2D eigenvalue weighted by molar-refractivity contribution is -0.150. The van der Waals surface area contributed by atoms with E-state index in [1.54, 1.807) is 30.0 Å². The van der Waals surface area contributed by atoms with Crippen LogP contribution in [0.5, 0.6) is 0 Å². The molecule has 1 N–H and O–H groups in total. The van der Waals surface area contributed by atoms with Gasteiger partial charge in [0.05, 0.1) is 5.69 Å². The molecule has 1 aliphatic rings. The third-order valence-electron chi connectivity index (χ3n) is 6.68. The van der Waals surface area contributed by atoms with Gasteiger partial charge in [-0.05, 0) is 22.8 Å². The van der Waals surface area contributed by atoms with E-state index in [9.17, 15) is 14.7 Å². The zero-order chi connectivity index (χ0) is 23.8. The van der Waals surface area contributed by atoms with Crippen molar-refractivity contribution in [2.45, 2.75) is 24.5 Å².